The van der Waals surface area contributed by atoms with E-state index in [1.54, 1.807) is 28.9 Å². The zero-order chi connectivity index (χ0) is 17.1. The fourth-order valence-corrected chi connectivity index (χ4v) is 2.37. The van der Waals surface area contributed by atoms with E-state index in [1.165, 1.54) is 6.07 Å². The molecule has 0 aliphatic heterocycles. The molecule has 0 saturated heterocycles. The van der Waals surface area contributed by atoms with Gasteiger partial charge in [0.15, 0.2) is 5.82 Å². The lowest BCUT2D eigenvalue weighted by Crippen LogP contribution is -2.10. The summed E-state index contributed by atoms with van der Waals surface area (Å²) in [5.41, 5.74) is 1.88. The van der Waals surface area contributed by atoms with Crippen LogP contribution < -0.4 is 5.56 Å². The van der Waals surface area contributed by atoms with E-state index in [-0.39, 0.29) is 12.0 Å². The molecule has 1 aromatic carbocycles. The van der Waals surface area contributed by atoms with Gasteiger partial charge in [0.1, 0.15) is 0 Å². The van der Waals surface area contributed by atoms with Gasteiger partial charge in [-0.25, -0.2) is 9.78 Å². The Bertz CT molecular complexity index is 911. The largest absolute Gasteiger partial charge is 0.481 e. The van der Waals surface area contributed by atoms with E-state index >= 15 is 0 Å². The average Bonchev–Trinajstić information content (AvgIpc) is 2.98. The number of aliphatic carboxylic acids is 1. The number of aryl methyl sites for hydroxylation is 1. The van der Waals surface area contributed by atoms with Gasteiger partial charge in [0.2, 0.25) is 0 Å². The number of H-pyrrole nitrogens is 1. The number of carboxylic acid groups (broad SMARTS) is 1. The average molecular weight is 345 g/mol. The molecule has 24 heavy (non-hydrogen) atoms. The summed E-state index contributed by atoms with van der Waals surface area (Å²) in [4.78, 5) is 22.0. The summed E-state index contributed by atoms with van der Waals surface area (Å²) in [6, 6.07) is 11.9. The Labute approximate surface area is 141 Å². The second-order valence-electron chi connectivity index (χ2n) is 5.11. The summed E-state index contributed by atoms with van der Waals surface area (Å²) in [6.45, 7) is 0. The molecule has 8 heteroatoms. The standard InChI is InChI=1S/C16H13ClN4O3/c17-11-3-1-10(2-4-11)13-9-12(5-8-16(23)24)20-21(13)14-6-7-15(22)19-18-14/h1-4,6-7,9H,5,8H2,(H,19,22)(H,23,24). The van der Waals surface area contributed by atoms with Crippen molar-refractivity contribution in [2.75, 3.05) is 0 Å². The van der Waals surface area contributed by atoms with Crippen LogP contribution in [-0.4, -0.2) is 31.1 Å². The van der Waals surface area contributed by atoms with Crippen LogP contribution in [0.2, 0.25) is 5.02 Å². The van der Waals surface area contributed by atoms with E-state index < -0.39 is 5.97 Å². The van der Waals surface area contributed by atoms with Crippen molar-refractivity contribution in [3.05, 3.63) is 63.5 Å². The maximum absolute atomic E-state index is 11.2. The van der Waals surface area contributed by atoms with E-state index in [0.717, 1.165) is 11.3 Å². The Morgan fingerprint density at radius 1 is 1.21 bits per heavy atom. The Kier molecular flexibility index (Phi) is 4.43. The highest BCUT2D eigenvalue weighted by atomic mass is 35.5. The predicted octanol–water partition coefficient (Wildman–Crippen LogP) is 2.29. The van der Waals surface area contributed by atoms with Crippen LogP contribution in [0, 0.1) is 0 Å². The number of aromatic nitrogens is 4. The van der Waals surface area contributed by atoms with Crippen molar-refractivity contribution >= 4 is 17.6 Å². The monoisotopic (exact) mass is 344 g/mol. The van der Waals surface area contributed by atoms with Crippen molar-refractivity contribution in [1.82, 2.24) is 20.0 Å². The molecule has 122 valence electrons. The quantitative estimate of drug-likeness (QED) is 0.739. The third-order valence-corrected chi connectivity index (χ3v) is 3.63. The lowest BCUT2D eigenvalue weighted by molar-refractivity contribution is -0.136. The zero-order valence-electron chi connectivity index (χ0n) is 12.4. The number of aromatic amines is 1. The topological polar surface area (TPSA) is 101 Å². The molecular weight excluding hydrogens is 332 g/mol. The number of halogens is 1. The second kappa shape index (κ2) is 6.67. The summed E-state index contributed by atoms with van der Waals surface area (Å²) < 4.78 is 1.57. The molecule has 0 unspecified atom stereocenters. The van der Waals surface area contributed by atoms with Gasteiger partial charge in [0.25, 0.3) is 5.56 Å². The molecule has 0 radical (unpaired) electrons. The number of carbonyl (C=O) groups is 1. The van der Waals surface area contributed by atoms with Crippen molar-refractivity contribution in [3.63, 3.8) is 0 Å². The van der Waals surface area contributed by atoms with Gasteiger partial charge >= 0.3 is 5.97 Å². The summed E-state index contributed by atoms with van der Waals surface area (Å²) in [5.74, 6) is -0.458. The summed E-state index contributed by atoms with van der Waals surface area (Å²) in [6.07, 6.45) is 0.280. The smallest absolute Gasteiger partial charge is 0.303 e. The number of benzene rings is 1. The van der Waals surface area contributed by atoms with Crippen LogP contribution in [-0.2, 0) is 11.2 Å². The summed E-state index contributed by atoms with van der Waals surface area (Å²) in [5, 5.41) is 20.2. The lowest BCUT2D eigenvalue weighted by Gasteiger charge is -2.06. The fraction of sp³-hybridized carbons (Fsp3) is 0.125. The normalized spacial score (nSPS) is 10.7. The van der Waals surface area contributed by atoms with Crippen LogP contribution >= 0.6 is 11.6 Å². The Morgan fingerprint density at radius 3 is 2.58 bits per heavy atom. The molecule has 3 rings (SSSR count). The summed E-state index contributed by atoms with van der Waals surface area (Å²) >= 11 is 5.92. The van der Waals surface area contributed by atoms with Gasteiger partial charge in [0, 0.05) is 23.1 Å². The molecule has 7 nitrogen and oxygen atoms in total. The fourth-order valence-electron chi connectivity index (χ4n) is 2.24. The first-order valence-corrected chi connectivity index (χ1v) is 7.53. The highest BCUT2D eigenvalue weighted by Gasteiger charge is 2.13. The molecule has 0 aliphatic carbocycles. The van der Waals surface area contributed by atoms with Crippen molar-refractivity contribution in [1.29, 1.82) is 0 Å². The number of hydrogen-bond donors (Lipinski definition) is 2. The van der Waals surface area contributed by atoms with Crippen LogP contribution in [0.5, 0.6) is 0 Å². The first kappa shape index (κ1) is 15.9. The lowest BCUT2D eigenvalue weighted by atomic mass is 10.1. The molecule has 2 aromatic heterocycles. The highest BCUT2D eigenvalue weighted by molar-refractivity contribution is 6.30. The molecule has 0 spiro atoms. The number of carboxylic acids is 1. The van der Waals surface area contributed by atoms with Crippen molar-refractivity contribution in [3.8, 4) is 17.1 Å². The molecule has 0 atom stereocenters. The number of rotatable bonds is 5. The van der Waals surface area contributed by atoms with Crippen molar-refractivity contribution < 1.29 is 9.90 Å². The maximum atomic E-state index is 11.2. The van der Waals surface area contributed by atoms with E-state index in [0.29, 0.717) is 23.0 Å². The van der Waals surface area contributed by atoms with Crippen LogP contribution in [0.4, 0.5) is 0 Å². The van der Waals surface area contributed by atoms with Crippen molar-refractivity contribution in [2.45, 2.75) is 12.8 Å². The molecule has 3 aromatic rings. The van der Waals surface area contributed by atoms with Gasteiger partial charge in [-0.15, -0.1) is 0 Å². The molecular formula is C16H13ClN4O3. The molecule has 2 N–H and O–H groups in total. The molecule has 0 saturated carbocycles. The Hall–Kier alpha value is -2.93. The molecule has 0 bridgehead atoms. The predicted molar refractivity (Wildman–Crippen MR) is 88.4 cm³/mol. The van der Waals surface area contributed by atoms with E-state index in [9.17, 15) is 9.59 Å². The molecule has 0 amide bonds. The highest BCUT2D eigenvalue weighted by Crippen LogP contribution is 2.25. The van der Waals surface area contributed by atoms with Crippen LogP contribution in [0.15, 0.2) is 47.3 Å². The van der Waals surface area contributed by atoms with E-state index in [2.05, 4.69) is 15.3 Å². The minimum absolute atomic E-state index is 0.0177. The van der Waals surface area contributed by atoms with Gasteiger partial charge in [-0.1, -0.05) is 23.7 Å². The van der Waals surface area contributed by atoms with Crippen LogP contribution in [0.3, 0.4) is 0 Å². The number of hydrogen-bond acceptors (Lipinski definition) is 4. The van der Waals surface area contributed by atoms with Gasteiger partial charge in [0.05, 0.1) is 17.8 Å². The maximum Gasteiger partial charge on any atom is 0.303 e. The third-order valence-electron chi connectivity index (χ3n) is 3.38. The van der Waals surface area contributed by atoms with Crippen LogP contribution in [0.1, 0.15) is 12.1 Å². The second-order valence-corrected chi connectivity index (χ2v) is 5.55. The van der Waals surface area contributed by atoms with Crippen molar-refractivity contribution in [2.24, 2.45) is 0 Å². The zero-order valence-corrected chi connectivity index (χ0v) is 13.2. The van der Waals surface area contributed by atoms with E-state index in [4.69, 9.17) is 16.7 Å². The SMILES string of the molecule is O=C(O)CCc1cc(-c2ccc(Cl)cc2)n(-c2ccc(=O)[nH]n2)n1. The molecule has 0 fully saturated rings. The third kappa shape index (κ3) is 3.52. The van der Waals surface area contributed by atoms with Gasteiger partial charge < -0.3 is 5.11 Å². The van der Waals surface area contributed by atoms with Gasteiger partial charge in [-0.3, -0.25) is 9.59 Å². The number of nitrogens with one attached hydrogen (secondary N) is 1. The Balaban J connectivity index is 2.07. The molecule has 0 aliphatic rings. The summed E-state index contributed by atoms with van der Waals surface area (Å²) in [7, 11) is 0. The Morgan fingerprint density at radius 2 is 1.96 bits per heavy atom. The first-order valence-electron chi connectivity index (χ1n) is 7.16. The first-order chi connectivity index (χ1) is 11.5. The van der Waals surface area contributed by atoms with Gasteiger partial charge in [-0.2, -0.15) is 10.2 Å². The van der Waals surface area contributed by atoms with E-state index in [1.807, 2.05) is 12.1 Å². The number of nitrogens with zero attached hydrogens (tertiary/aromatic N) is 3. The molecule has 2 heterocycles. The van der Waals surface area contributed by atoms with Gasteiger partial charge in [-0.05, 0) is 24.3 Å². The minimum Gasteiger partial charge on any atom is -0.481 e. The van der Waals surface area contributed by atoms with Crippen LogP contribution in [0.25, 0.3) is 17.1 Å². The minimum atomic E-state index is -0.889.